The number of rotatable bonds is 1. The molecule has 0 spiro atoms. The molecule has 2 atom stereocenters. The Morgan fingerprint density at radius 3 is 2.24 bits per heavy atom. The predicted octanol–water partition coefficient (Wildman–Crippen LogP) is 5.33. The molecule has 0 bridgehead atoms. The average Bonchev–Trinajstić information content (AvgIpc) is 3.23. The summed E-state index contributed by atoms with van der Waals surface area (Å²) in [6, 6.07) is 10.7. The van der Waals surface area contributed by atoms with Gasteiger partial charge in [0.15, 0.2) is 0 Å². The zero-order chi connectivity index (χ0) is 12.7. The van der Waals surface area contributed by atoms with Gasteiger partial charge in [0.25, 0.3) is 0 Å². The lowest BCUT2D eigenvalue weighted by atomic mass is 9.97. The third-order valence-electron chi connectivity index (χ3n) is 2.98. The first-order valence-electron chi connectivity index (χ1n) is 6.89. The van der Waals surface area contributed by atoms with Gasteiger partial charge in [0.2, 0.25) is 0 Å². The summed E-state index contributed by atoms with van der Waals surface area (Å²) in [5.74, 6) is 1.67. The molecule has 0 saturated heterocycles. The summed E-state index contributed by atoms with van der Waals surface area (Å²) in [5.41, 5.74) is 2.94. The van der Waals surface area contributed by atoms with Crippen molar-refractivity contribution in [2.24, 2.45) is 11.8 Å². The highest BCUT2D eigenvalue weighted by molar-refractivity contribution is 5.73. The van der Waals surface area contributed by atoms with E-state index < -0.39 is 0 Å². The summed E-state index contributed by atoms with van der Waals surface area (Å²) in [5, 5.41) is 0. The second kappa shape index (κ2) is 7.11. The Morgan fingerprint density at radius 1 is 0.941 bits per heavy atom. The molecule has 1 aromatic carbocycles. The molecule has 2 aliphatic carbocycles. The van der Waals surface area contributed by atoms with Gasteiger partial charge in [-0.15, -0.1) is 0 Å². The largest absolute Gasteiger partial charge is 0.0808 e. The van der Waals surface area contributed by atoms with Crippen molar-refractivity contribution in [3.63, 3.8) is 0 Å². The van der Waals surface area contributed by atoms with Crippen molar-refractivity contribution in [3.8, 4) is 0 Å². The standard InChI is InChI=1S/C13H12.2C2H6/c1-2-5-10(6-3-1)12-8-4-7-11-9-13(11)12;2*1-2/h1-8,11,13H,9H2;2*1-2H3. The van der Waals surface area contributed by atoms with E-state index in [1.807, 2.05) is 27.7 Å². The molecule has 0 aromatic heterocycles. The van der Waals surface area contributed by atoms with Crippen LogP contribution in [0.3, 0.4) is 0 Å². The Morgan fingerprint density at radius 2 is 1.59 bits per heavy atom. The van der Waals surface area contributed by atoms with E-state index in [-0.39, 0.29) is 0 Å². The first-order valence-corrected chi connectivity index (χ1v) is 6.89. The zero-order valence-corrected chi connectivity index (χ0v) is 11.5. The van der Waals surface area contributed by atoms with Crippen molar-refractivity contribution < 1.29 is 0 Å². The fourth-order valence-electron chi connectivity index (χ4n) is 2.15. The van der Waals surface area contributed by atoms with Gasteiger partial charge in [-0.3, -0.25) is 0 Å². The lowest BCUT2D eigenvalue weighted by molar-refractivity contribution is 0.999. The Balaban J connectivity index is 0.000000330. The smallest absolute Gasteiger partial charge is 0.00869 e. The van der Waals surface area contributed by atoms with E-state index in [0.717, 1.165) is 11.8 Å². The molecule has 1 aromatic rings. The maximum atomic E-state index is 2.33. The van der Waals surface area contributed by atoms with Gasteiger partial charge in [-0.2, -0.15) is 0 Å². The quantitative estimate of drug-likeness (QED) is 0.609. The van der Waals surface area contributed by atoms with Crippen LogP contribution in [0.5, 0.6) is 0 Å². The molecule has 0 heteroatoms. The van der Waals surface area contributed by atoms with Crippen LogP contribution in [0.2, 0.25) is 0 Å². The van der Waals surface area contributed by atoms with Crippen molar-refractivity contribution in [1.82, 2.24) is 0 Å². The summed E-state index contributed by atoms with van der Waals surface area (Å²) < 4.78 is 0. The van der Waals surface area contributed by atoms with Gasteiger partial charge in [-0.05, 0) is 29.4 Å². The van der Waals surface area contributed by atoms with Gasteiger partial charge in [-0.1, -0.05) is 76.3 Å². The van der Waals surface area contributed by atoms with E-state index >= 15 is 0 Å². The molecular formula is C17H24. The van der Waals surface area contributed by atoms with Crippen molar-refractivity contribution in [1.29, 1.82) is 0 Å². The number of allylic oxidation sites excluding steroid dienone is 4. The Labute approximate surface area is 106 Å². The molecule has 92 valence electrons. The van der Waals surface area contributed by atoms with E-state index in [1.54, 1.807) is 0 Å². The maximum absolute atomic E-state index is 2.33. The van der Waals surface area contributed by atoms with Crippen molar-refractivity contribution in [3.05, 3.63) is 54.1 Å². The Kier molecular flexibility index (Phi) is 5.76. The van der Waals surface area contributed by atoms with Crippen LogP contribution < -0.4 is 0 Å². The summed E-state index contributed by atoms with van der Waals surface area (Å²) in [6.07, 6.45) is 8.16. The highest BCUT2D eigenvalue weighted by atomic mass is 14.4. The minimum absolute atomic E-state index is 0.826. The predicted molar refractivity (Wildman–Crippen MR) is 77.9 cm³/mol. The molecule has 0 N–H and O–H groups in total. The molecule has 0 heterocycles. The third-order valence-corrected chi connectivity index (χ3v) is 2.98. The monoisotopic (exact) mass is 228 g/mol. The van der Waals surface area contributed by atoms with E-state index in [9.17, 15) is 0 Å². The molecule has 0 aliphatic heterocycles. The minimum Gasteiger partial charge on any atom is -0.0808 e. The summed E-state index contributed by atoms with van der Waals surface area (Å²) in [6.45, 7) is 8.00. The third kappa shape index (κ3) is 3.33. The number of hydrogen-bond acceptors (Lipinski definition) is 0. The Bertz CT molecular complexity index is 370. The van der Waals surface area contributed by atoms with E-state index in [1.165, 1.54) is 17.6 Å². The molecule has 3 rings (SSSR count). The van der Waals surface area contributed by atoms with Gasteiger partial charge in [0.1, 0.15) is 0 Å². The van der Waals surface area contributed by atoms with Gasteiger partial charge in [0, 0.05) is 0 Å². The fourth-order valence-corrected chi connectivity index (χ4v) is 2.15. The van der Waals surface area contributed by atoms with Crippen LogP contribution >= 0.6 is 0 Å². The molecule has 2 unspecified atom stereocenters. The first-order chi connectivity index (χ1) is 8.45. The van der Waals surface area contributed by atoms with Gasteiger partial charge in [-0.25, -0.2) is 0 Å². The summed E-state index contributed by atoms with van der Waals surface area (Å²) in [7, 11) is 0. The fraction of sp³-hybridized carbons (Fsp3) is 0.412. The number of hydrogen-bond donors (Lipinski definition) is 0. The highest BCUT2D eigenvalue weighted by Crippen LogP contribution is 2.50. The van der Waals surface area contributed by atoms with Gasteiger partial charge >= 0.3 is 0 Å². The second-order valence-electron chi connectivity index (χ2n) is 3.88. The number of fused-ring (bicyclic) bond motifs is 1. The lowest BCUT2D eigenvalue weighted by Crippen LogP contribution is -1.91. The van der Waals surface area contributed by atoms with E-state index in [0.29, 0.717) is 0 Å². The van der Waals surface area contributed by atoms with E-state index in [2.05, 4.69) is 48.6 Å². The van der Waals surface area contributed by atoms with Gasteiger partial charge < -0.3 is 0 Å². The normalized spacial score (nSPS) is 23.2. The molecule has 0 radical (unpaired) electrons. The van der Waals surface area contributed by atoms with Crippen LogP contribution in [0, 0.1) is 11.8 Å². The maximum Gasteiger partial charge on any atom is -0.00869 e. The summed E-state index contributed by atoms with van der Waals surface area (Å²) >= 11 is 0. The molecular weight excluding hydrogens is 204 g/mol. The molecule has 2 aliphatic rings. The first kappa shape index (κ1) is 13.8. The SMILES string of the molecule is C1=CC2CC2C(c2ccccc2)=C1.CC.CC. The molecule has 1 saturated carbocycles. The summed E-state index contributed by atoms with van der Waals surface area (Å²) in [4.78, 5) is 0. The molecule has 0 amide bonds. The highest BCUT2D eigenvalue weighted by Gasteiger charge is 2.39. The topological polar surface area (TPSA) is 0 Å². The van der Waals surface area contributed by atoms with E-state index in [4.69, 9.17) is 0 Å². The minimum atomic E-state index is 0.826. The molecule has 1 fully saturated rings. The van der Waals surface area contributed by atoms with Crippen LogP contribution in [-0.4, -0.2) is 0 Å². The Hall–Kier alpha value is -1.30. The molecule has 17 heavy (non-hydrogen) atoms. The zero-order valence-electron chi connectivity index (χ0n) is 11.5. The lowest BCUT2D eigenvalue weighted by Gasteiger charge is -2.08. The van der Waals surface area contributed by atoms with Crippen LogP contribution in [-0.2, 0) is 0 Å². The van der Waals surface area contributed by atoms with Crippen LogP contribution in [0.15, 0.2) is 48.6 Å². The second-order valence-corrected chi connectivity index (χ2v) is 3.88. The van der Waals surface area contributed by atoms with Crippen LogP contribution in [0.4, 0.5) is 0 Å². The molecule has 0 nitrogen and oxygen atoms in total. The average molecular weight is 228 g/mol. The van der Waals surface area contributed by atoms with Crippen LogP contribution in [0.1, 0.15) is 39.7 Å². The van der Waals surface area contributed by atoms with Gasteiger partial charge in [0.05, 0.1) is 0 Å². The van der Waals surface area contributed by atoms with Crippen molar-refractivity contribution in [2.75, 3.05) is 0 Å². The number of benzene rings is 1. The van der Waals surface area contributed by atoms with Crippen LogP contribution in [0.25, 0.3) is 5.57 Å². The van der Waals surface area contributed by atoms with Crippen molar-refractivity contribution in [2.45, 2.75) is 34.1 Å². The van der Waals surface area contributed by atoms with Crippen molar-refractivity contribution >= 4 is 5.57 Å².